The van der Waals surface area contributed by atoms with Gasteiger partial charge in [0.2, 0.25) is 0 Å². The molecule has 1 fully saturated rings. The Morgan fingerprint density at radius 2 is 1.61 bits per heavy atom. The second-order valence-electron chi connectivity index (χ2n) is 6.37. The lowest BCUT2D eigenvalue weighted by atomic mass is 9.97. The highest BCUT2D eigenvalue weighted by atomic mass is 16.5. The summed E-state index contributed by atoms with van der Waals surface area (Å²) in [6, 6.07) is 18.8. The summed E-state index contributed by atoms with van der Waals surface area (Å²) in [6.07, 6.45) is 2.46. The minimum absolute atomic E-state index is 0.618. The van der Waals surface area contributed by atoms with Gasteiger partial charge >= 0.3 is 0 Å². The van der Waals surface area contributed by atoms with Crippen molar-refractivity contribution < 1.29 is 4.74 Å². The third-order valence-electron chi connectivity index (χ3n) is 4.62. The van der Waals surface area contributed by atoms with Crippen LogP contribution < -0.4 is 10.5 Å². The first kappa shape index (κ1) is 16.0. The Bertz CT molecular complexity index is 574. The first-order valence-corrected chi connectivity index (χ1v) is 8.51. The van der Waals surface area contributed by atoms with E-state index in [0.29, 0.717) is 6.61 Å². The van der Waals surface area contributed by atoms with Crippen LogP contribution in [0.4, 0.5) is 0 Å². The van der Waals surface area contributed by atoms with Crippen LogP contribution in [0.2, 0.25) is 0 Å². The Morgan fingerprint density at radius 1 is 0.913 bits per heavy atom. The highest BCUT2D eigenvalue weighted by Crippen LogP contribution is 2.19. The first-order valence-electron chi connectivity index (χ1n) is 8.51. The summed E-state index contributed by atoms with van der Waals surface area (Å²) in [5, 5.41) is 0. The molecule has 0 amide bonds. The SMILES string of the molecule is NCC1CCN(Cc2ccc(OCc3ccccc3)cc2)CC1. The number of nitrogens with two attached hydrogens (primary N) is 1. The summed E-state index contributed by atoms with van der Waals surface area (Å²) in [4.78, 5) is 2.52. The minimum atomic E-state index is 0.618. The molecule has 3 nitrogen and oxygen atoms in total. The van der Waals surface area contributed by atoms with Gasteiger partial charge in [-0.2, -0.15) is 0 Å². The number of ether oxygens (including phenoxy) is 1. The quantitative estimate of drug-likeness (QED) is 0.888. The molecule has 2 aromatic carbocycles. The number of hydrogen-bond acceptors (Lipinski definition) is 3. The largest absolute Gasteiger partial charge is 0.489 e. The van der Waals surface area contributed by atoms with Crippen LogP contribution in [-0.2, 0) is 13.2 Å². The van der Waals surface area contributed by atoms with E-state index in [2.05, 4.69) is 41.3 Å². The molecule has 3 heteroatoms. The summed E-state index contributed by atoms with van der Waals surface area (Å²) < 4.78 is 5.84. The molecule has 23 heavy (non-hydrogen) atoms. The monoisotopic (exact) mass is 310 g/mol. The second kappa shape index (κ2) is 8.14. The molecule has 1 aliphatic rings. The molecular formula is C20H26N2O. The Hall–Kier alpha value is -1.84. The third kappa shape index (κ3) is 4.81. The maximum atomic E-state index is 5.84. The maximum absolute atomic E-state index is 5.84. The molecule has 0 radical (unpaired) electrons. The van der Waals surface area contributed by atoms with Gasteiger partial charge in [0.15, 0.2) is 0 Å². The van der Waals surface area contributed by atoms with E-state index in [9.17, 15) is 0 Å². The van der Waals surface area contributed by atoms with Crippen LogP contribution in [0.25, 0.3) is 0 Å². The van der Waals surface area contributed by atoms with Gasteiger partial charge in [-0.05, 0) is 61.7 Å². The zero-order valence-electron chi connectivity index (χ0n) is 13.7. The highest BCUT2D eigenvalue weighted by Gasteiger charge is 2.17. The number of piperidine rings is 1. The van der Waals surface area contributed by atoms with Crippen molar-refractivity contribution in [1.29, 1.82) is 0 Å². The topological polar surface area (TPSA) is 38.5 Å². The van der Waals surface area contributed by atoms with Crippen LogP contribution in [0.1, 0.15) is 24.0 Å². The molecule has 1 aliphatic heterocycles. The van der Waals surface area contributed by atoms with E-state index in [1.807, 2.05) is 18.2 Å². The molecule has 0 unspecified atom stereocenters. The fraction of sp³-hybridized carbons (Fsp3) is 0.400. The van der Waals surface area contributed by atoms with Crippen molar-refractivity contribution >= 4 is 0 Å². The third-order valence-corrected chi connectivity index (χ3v) is 4.62. The maximum Gasteiger partial charge on any atom is 0.119 e. The van der Waals surface area contributed by atoms with E-state index < -0.39 is 0 Å². The summed E-state index contributed by atoms with van der Waals surface area (Å²) in [5.41, 5.74) is 8.30. The van der Waals surface area contributed by atoms with Crippen molar-refractivity contribution in [3.8, 4) is 5.75 Å². The lowest BCUT2D eigenvalue weighted by Crippen LogP contribution is -2.35. The Balaban J connectivity index is 1.47. The van der Waals surface area contributed by atoms with E-state index in [-0.39, 0.29) is 0 Å². The van der Waals surface area contributed by atoms with E-state index in [4.69, 9.17) is 10.5 Å². The second-order valence-corrected chi connectivity index (χ2v) is 6.37. The molecule has 0 aromatic heterocycles. The zero-order valence-corrected chi connectivity index (χ0v) is 13.7. The van der Waals surface area contributed by atoms with Crippen LogP contribution in [0, 0.1) is 5.92 Å². The molecule has 3 rings (SSSR count). The fourth-order valence-corrected chi connectivity index (χ4v) is 3.07. The molecule has 0 bridgehead atoms. The summed E-state index contributed by atoms with van der Waals surface area (Å²) in [5.74, 6) is 1.65. The van der Waals surface area contributed by atoms with Gasteiger partial charge in [0.05, 0.1) is 0 Å². The number of hydrogen-bond donors (Lipinski definition) is 1. The lowest BCUT2D eigenvalue weighted by Gasteiger charge is -2.31. The highest BCUT2D eigenvalue weighted by molar-refractivity contribution is 5.27. The molecule has 2 N–H and O–H groups in total. The smallest absolute Gasteiger partial charge is 0.119 e. The minimum Gasteiger partial charge on any atom is -0.489 e. The van der Waals surface area contributed by atoms with Crippen molar-refractivity contribution in [1.82, 2.24) is 4.90 Å². The molecule has 2 aromatic rings. The van der Waals surface area contributed by atoms with Crippen molar-refractivity contribution in [2.24, 2.45) is 11.7 Å². The van der Waals surface area contributed by atoms with Crippen LogP contribution in [-0.4, -0.2) is 24.5 Å². The molecule has 122 valence electrons. The van der Waals surface area contributed by atoms with Gasteiger partial charge in [-0.3, -0.25) is 4.90 Å². The predicted octanol–water partition coefficient (Wildman–Crippen LogP) is 3.44. The van der Waals surface area contributed by atoms with Gasteiger partial charge in [-0.25, -0.2) is 0 Å². The van der Waals surface area contributed by atoms with E-state index in [1.54, 1.807) is 0 Å². The Morgan fingerprint density at radius 3 is 2.26 bits per heavy atom. The fourth-order valence-electron chi connectivity index (χ4n) is 3.07. The first-order chi connectivity index (χ1) is 11.3. The molecule has 1 heterocycles. The van der Waals surface area contributed by atoms with Crippen LogP contribution in [0.5, 0.6) is 5.75 Å². The van der Waals surface area contributed by atoms with Crippen LogP contribution >= 0.6 is 0 Å². The van der Waals surface area contributed by atoms with Gasteiger partial charge in [0.1, 0.15) is 12.4 Å². The van der Waals surface area contributed by atoms with Crippen LogP contribution in [0.15, 0.2) is 54.6 Å². The van der Waals surface area contributed by atoms with E-state index in [0.717, 1.165) is 37.8 Å². The van der Waals surface area contributed by atoms with Gasteiger partial charge < -0.3 is 10.5 Å². The predicted molar refractivity (Wildman–Crippen MR) is 94.3 cm³/mol. The van der Waals surface area contributed by atoms with Crippen molar-refractivity contribution in [3.63, 3.8) is 0 Å². The molecule has 0 saturated carbocycles. The van der Waals surface area contributed by atoms with Gasteiger partial charge in [0.25, 0.3) is 0 Å². The van der Waals surface area contributed by atoms with Gasteiger partial charge in [-0.1, -0.05) is 42.5 Å². The van der Waals surface area contributed by atoms with Gasteiger partial charge in [-0.15, -0.1) is 0 Å². The van der Waals surface area contributed by atoms with E-state index >= 15 is 0 Å². The molecular weight excluding hydrogens is 284 g/mol. The number of rotatable bonds is 6. The van der Waals surface area contributed by atoms with Gasteiger partial charge in [0, 0.05) is 6.54 Å². The number of benzene rings is 2. The summed E-state index contributed by atoms with van der Waals surface area (Å²) >= 11 is 0. The Kier molecular flexibility index (Phi) is 5.67. The summed E-state index contributed by atoms with van der Waals surface area (Å²) in [6.45, 7) is 4.80. The molecule has 0 aliphatic carbocycles. The lowest BCUT2D eigenvalue weighted by molar-refractivity contribution is 0.180. The number of nitrogens with zero attached hydrogens (tertiary/aromatic N) is 1. The Labute approximate surface area is 139 Å². The average molecular weight is 310 g/mol. The van der Waals surface area contributed by atoms with Crippen molar-refractivity contribution in [2.45, 2.75) is 26.0 Å². The zero-order chi connectivity index (χ0) is 15.9. The summed E-state index contributed by atoms with van der Waals surface area (Å²) in [7, 11) is 0. The molecule has 1 saturated heterocycles. The standard InChI is InChI=1S/C20H26N2O/c21-14-17-10-12-22(13-11-17)15-18-6-8-20(9-7-18)23-16-19-4-2-1-3-5-19/h1-9,17H,10-16,21H2. The normalized spacial score (nSPS) is 16.4. The molecule has 0 atom stereocenters. The van der Waals surface area contributed by atoms with E-state index in [1.165, 1.54) is 24.0 Å². The van der Waals surface area contributed by atoms with Crippen molar-refractivity contribution in [3.05, 3.63) is 65.7 Å². The van der Waals surface area contributed by atoms with Crippen molar-refractivity contribution in [2.75, 3.05) is 19.6 Å². The number of likely N-dealkylation sites (tertiary alicyclic amines) is 1. The molecule has 0 spiro atoms. The van der Waals surface area contributed by atoms with Crippen LogP contribution in [0.3, 0.4) is 0 Å². The average Bonchev–Trinajstić information content (AvgIpc) is 2.63.